The predicted octanol–water partition coefficient (Wildman–Crippen LogP) is 2.66. The van der Waals surface area contributed by atoms with Gasteiger partial charge in [0.2, 0.25) is 0 Å². The number of piperazine rings is 1. The third kappa shape index (κ3) is 5.80. The van der Waals surface area contributed by atoms with Crippen molar-refractivity contribution >= 4 is 17.5 Å². The number of ether oxygens (including phenoxy) is 1. The molecule has 1 fully saturated rings. The molecule has 0 radical (unpaired) electrons. The number of rotatable bonds is 6. The van der Waals surface area contributed by atoms with Crippen molar-refractivity contribution in [2.24, 2.45) is 7.05 Å². The molecule has 0 atom stereocenters. The highest BCUT2D eigenvalue weighted by Crippen LogP contribution is 2.31. The van der Waals surface area contributed by atoms with Crippen LogP contribution in [0.15, 0.2) is 36.5 Å². The number of aromatic nitrogens is 3. The summed E-state index contributed by atoms with van der Waals surface area (Å²) in [4.78, 5) is 18.1. The number of carboxylic acid groups (broad SMARTS) is 1. The summed E-state index contributed by atoms with van der Waals surface area (Å²) >= 11 is 0. The van der Waals surface area contributed by atoms with Crippen LogP contribution in [0.25, 0.3) is 22.3 Å². The second-order valence-electron chi connectivity index (χ2n) is 7.59. The summed E-state index contributed by atoms with van der Waals surface area (Å²) in [7, 11) is 1.93. The lowest BCUT2D eigenvalue weighted by Crippen LogP contribution is -2.47. The summed E-state index contributed by atoms with van der Waals surface area (Å²) in [6, 6.07) is 10.3. The maximum Gasteiger partial charge on any atom is 0.290 e. The van der Waals surface area contributed by atoms with Crippen LogP contribution in [-0.2, 0) is 11.8 Å². The smallest absolute Gasteiger partial charge is 0.290 e. The molecule has 1 saturated heterocycles. The number of benzene rings is 1. The molecule has 0 amide bonds. The van der Waals surface area contributed by atoms with Crippen LogP contribution >= 0.6 is 0 Å². The van der Waals surface area contributed by atoms with Crippen molar-refractivity contribution in [3.63, 3.8) is 0 Å². The molecule has 4 rings (SSSR count). The largest absolute Gasteiger partial charge is 0.492 e. The molecular formula is C23H31N5O3. The standard InChI is InChI=1S/C22H29N5O.CH2O2/c1-4-26-9-11-27(12-10-26)13-14-28-21-8-6-5-7-18(21)20-15-17(2)19-16-25(3)24-22(19)23-20;2-1-3/h5-8,15-16H,4,9-14H2,1-3H3;1H,(H,2,3). The molecule has 3 aromatic rings. The molecule has 1 aliphatic heterocycles. The Kier molecular flexibility index (Phi) is 7.97. The molecule has 0 unspecified atom stereocenters. The Morgan fingerprint density at radius 1 is 1.16 bits per heavy atom. The van der Waals surface area contributed by atoms with Crippen LogP contribution in [0.1, 0.15) is 12.5 Å². The minimum Gasteiger partial charge on any atom is -0.492 e. The lowest BCUT2D eigenvalue weighted by Gasteiger charge is -2.33. The van der Waals surface area contributed by atoms with Crippen molar-refractivity contribution in [3.05, 3.63) is 42.1 Å². The lowest BCUT2D eigenvalue weighted by molar-refractivity contribution is -0.122. The molecule has 2 aromatic heterocycles. The van der Waals surface area contributed by atoms with E-state index in [4.69, 9.17) is 19.6 Å². The fourth-order valence-corrected chi connectivity index (χ4v) is 3.82. The van der Waals surface area contributed by atoms with Crippen LogP contribution in [0.5, 0.6) is 5.75 Å². The topological polar surface area (TPSA) is 83.7 Å². The van der Waals surface area contributed by atoms with Gasteiger partial charge < -0.3 is 14.7 Å². The molecule has 31 heavy (non-hydrogen) atoms. The summed E-state index contributed by atoms with van der Waals surface area (Å²) in [5.41, 5.74) is 3.89. The normalized spacial score (nSPS) is 14.8. The Balaban J connectivity index is 0.000000858. The van der Waals surface area contributed by atoms with Crippen LogP contribution in [0, 0.1) is 6.92 Å². The second kappa shape index (κ2) is 10.9. The molecule has 8 heteroatoms. The molecule has 0 spiro atoms. The molecule has 1 aromatic carbocycles. The van der Waals surface area contributed by atoms with E-state index >= 15 is 0 Å². The first-order valence-corrected chi connectivity index (χ1v) is 10.6. The number of carbonyl (C=O) groups is 1. The van der Waals surface area contributed by atoms with Crippen LogP contribution in [0.3, 0.4) is 0 Å². The third-order valence-electron chi connectivity index (χ3n) is 5.55. The van der Waals surface area contributed by atoms with E-state index in [1.807, 2.05) is 36.1 Å². The van der Waals surface area contributed by atoms with E-state index in [-0.39, 0.29) is 6.47 Å². The van der Waals surface area contributed by atoms with Crippen molar-refractivity contribution < 1.29 is 14.6 Å². The van der Waals surface area contributed by atoms with Crippen LogP contribution < -0.4 is 4.74 Å². The van der Waals surface area contributed by atoms with Gasteiger partial charge in [-0.15, -0.1) is 0 Å². The Labute approximate surface area is 183 Å². The van der Waals surface area contributed by atoms with E-state index in [2.05, 4.69) is 40.9 Å². The summed E-state index contributed by atoms with van der Waals surface area (Å²) in [5.74, 6) is 0.886. The van der Waals surface area contributed by atoms with Gasteiger partial charge in [0, 0.05) is 56.9 Å². The van der Waals surface area contributed by atoms with Crippen LogP contribution in [0.4, 0.5) is 0 Å². The Morgan fingerprint density at radius 3 is 2.55 bits per heavy atom. The number of hydrogen-bond acceptors (Lipinski definition) is 6. The Hall–Kier alpha value is -2.97. The Morgan fingerprint density at radius 2 is 1.84 bits per heavy atom. The predicted molar refractivity (Wildman–Crippen MR) is 121 cm³/mol. The van der Waals surface area contributed by atoms with Crippen molar-refractivity contribution in [1.29, 1.82) is 0 Å². The second-order valence-corrected chi connectivity index (χ2v) is 7.59. The van der Waals surface area contributed by atoms with Gasteiger partial charge in [0.05, 0.1) is 5.69 Å². The number of aryl methyl sites for hydroxylation is 2. The molecule has 1 N–H and O–H groups in total. The molecule has 3 heterocycles. The maximum atomic E-state index is 8.36. The van der Waals surface area contributed by atoms with Gasteiger partial charge >= 0.3 is 0 Å². The lowest BCUT2D eigenvalue weighted by atomic mass is 10.1. The van der Waals surface area contributed by atoms with Gasteiger partial charge in [-0.1, -0.05) is 19.1 Å². The van der Waals surface area contributed by atoms with Crippen molar-refractivity contribution in [2.75, 3.05) is 45.9 Å². The van der Waals surface area contributed by atoms with Crippen LogP contribution in [0.2, 0.25) is 0 Å². The van der Waals surface area contributed by atoms with Gasteiger partial charge in [-0.25, -0.2) is 4.98 Å². The van der Waals surface area contributed by atoms with Gasteiger partial charge in [-0.05, 0) is 37.2 Å². The average Bonchev–Trinajstić information content (AvgIpc) is 3.16. The fourth-order valence-electron chi connectivity index (χ4n) is 3.82. The maximum absolute atomic E-state index is 8.36. The van der Waals surface area contributed by atoms with E-state index in [1.165, 1.54) is 5.56 Å². The van der Waals surface area contributed by atoms with E-state index in [9.17, 15) is 0 Å². The number of nitrogens with zero attached hydrogens (tertiary/aromatic N) is 5. The fraction of sp³-hybridized carbons (Fsp3) is 0.435. The number of likely N-dealkylation sites (N-methyl/N-ethyl adjacent to an activating group) is 1. The Bertz CT molecular complexity index is 996. The summed E-state index contributed by atoms with van der Waals surface area (Å²) in [6.07, 6.45) is 2.02. The highest BCUT2D eigenvalue weighted by molar-refractivity contribution is 5.82. The molecule has 0 aliphatic carbocycles. The summed E-state index contributed by atoms with van der Waals surface area (Å²) in [5, 5.41) is 12.5. The zero-order valence-electron chi connectivity index (χ0n) is 18.5. The highest BCUT2D eigenvalue weighted by atomic mass is 16.5. The van der Waals surface area contributed by atoms with Crippen molar-refractivity contribution in [3.8, 4) is 17.0 Å². The third-order valence-corrected chi connectivity index (χ3v) is 5.55. The molecular weight excluding hydrogens is 394 g/mol. The SMILES string of the molecule is CCN1CCN(CCOc2ccccc2-c2cc(C)c3cn(C)nc3n2)CC1.O=CO. The first-order valence-electron chi connectivity index (χ1n) is 10.6. The molecule has 1 aliphatic rings. The number of para-hydroxylation sites is 1. The molecule has 166 valence electrons. The van der Waals surface area contributed by atoms with E-state index in [0.717, 1.165) is 67.3 Å². The van der Waals surface area contributed by atoms with Crippen molar-refractivity contribution in [2.45, 2.75) is 13.8 Å². The first kappa shape index (κ1) is 22.7. The zero-order chi connectivity index (χ0) is 22.2. The number of hydrogen-bond donors (Lipinski definition) is 1. The highest BCUT2D eigenvalue weighted by Gasteiger charge is 2.16. The molecule has 0 bridgehead atoms. The van der Waals surface area contributed by atoms with Crippen LogP contribution in [-0.4, -0.2) is 82.0 Å². The summed E-state index contributed by atoms with van der Waals surface area (Å²) in [6.45, 7) is 11.4. The van der Waals surface area contributed by atoms with Gasteiger partial charge in [-0.3, -0.25) is 14.4 Å². The number of fused-ring (bicyclic) bond motifs is 1. The minimum atomic E-state index is -0.250. The quantitative estimate of drug-likeness (QED) is 0.608. The monoisotopic (exact) mass is 425 g/mol. The van der Waals surface area contributed by atoms with E-state index in [1.54, 1.807) is 0 Å². The average molecular weight is 426 g/mol. The van der Waals surface area contributed by atoms with Gasteiger partial charge in [0.1, 0.15) is 12.4 Å². The zero-order valence-corrected chi connectivity index (χ0v) is 18.5. The minimum absolute atomic E-state index is 0.250. The van der Waals surface area contributed by atoms with Crippen molar-refractivity contribution in [1.82, 2.24) is 24.6 Å². The summed E-state index contributed by atoms with van der Waals surface area (Å²) < 4.78 is 8.00. The van der Waals surface area contributed by atoms with E-state index in [0.29, 0.717) is 6.61 Å². The van der Waals surface area contributed by atoms with Gasteiger partial charge in [-0.2, -0.15) is 5.10 Å². The molecule has 0 saturated carbocycles. The van der Waals surface area contributed by atoms with E-state index < -0.39 is 0 Å². The first-order chi connectivity index (χ1) is 15.0. The van der Waals surface area contributed by atoms with Gasteiger partial charge in [0.25, 0.3) is 6.47 Å². The van der Waals surface area contributed by atoms with Gasteiger partial charge in [0.15, 0.2) is 5.65 Å². The number of pyridine rings is 1. The molecule has 8 nitrogen and oxygen atoms in total.